The number of thiophene rings is 1. The maximum atomic E-state index is 12.8. The van der Waals surface area contributed by atoms with Gasteiger partial charge in [0.25, 0.3) is 10.0 Å². The number of hydrogen-bond donors (Lipinski definition) is 1. The zero-order valence-corrected chi connectivity index (χ0v) is 17.2. The van der Waals surface area contributed by atoms with Crippen LogP contribution in [0.4, 0.5) is 5.69 Å². The molecule has 4 rings (SSSR count). The topological polar surface area (TPSA) is 72.0 Å². The zero-order valence-electron chi connectivity index (χ0n) is 15.5. The van der Waals surface area contributed by atoms with Gasteiger partial charge in [0.15, 0.2) is 0 Å². The zero-order chi connectivity index (χ0) is 20.1. The van der Waals surface area contributed by atoms with E-state index in [1.807, 2.05) is 54.6 Å². The monoisotopic (exact) mass is 421 g/mol. The summed E-state index contributed by atoms with van der Waals surface area (Å²) in [6, 6.07) is 22.3. The molecule has 0 atom stereocenters. The minimum absolute atomic E-state index is 0.261. The molecule has 0 amide bonds. The van der Waals surface area contributed by atoms with Gasteiger partial charge >= 0.3 is 0 Å². The Morgan fingerprint density at radius 3 is 2.41 bits per heavy atom. The Hall–Kier alpha value is -3.03. The molecule has 0 aliphatic rings. The molecule has 0 radical (unpaired) electrons. The van der Waals surface area contributed by atoms with Gasteiger partial charge in [0, 0.05) is 23.8 Å². The minimum Gasteiger partial charge on any atom is -0.279 e. The molecule has 29 heavy (non-hydrogen) atoms. The molecule has 0 unspecified atom stereocenters. The first-order chi connectivity index (χ1) is 14.1. The third-order valence-electron chi connectivity index (χ3n) is 4.34. The predicted molar refractivity (Wildman–Crippen MR) is 116 cm³/mol. The van der Waals surface area contributed by atoms with Gasteiger partial charge in [-0.1, -0.05) is 24.3 Å². The molecule has 7 heteroatoms. The lowest BCUT2D eigenvalue weighted by atomic mass is 10.1. The Labute approximate surface area is 174 Å². The number of pyridine rings is 2. The predicted octanol–water partition coefficient (Wildman–Crippen LogP) is 4.79. The van der Waals surface area contributed by atoms with Gasteiger partial charge in [-0.05, 0) is 66.9 Å². The molecule has 0 bridgehead atoms. The molecule has 5 nitrogen and oxygen atoms in total. The Morgan fingerprint density at radius 1 is 0.828 bits per heavy atom. The lowest BCUT2D eigenvalue weighted by molar-refractivity contribution is 0.603. The number of rotatable bonds is 7. The van der Waals surface area contributed by atoms with Crippen LogP contribution in [0.3, 0.4) is 0 Å². The van der Waals surface area contributed by atoms with Gasteiger partial charge < -0.3 is 0 Å². The van der Waals surface area contributed by atoms with E-state index >= 15 is 0 Å². The Kier molecular flexibility index (Phi) is 5.69. The van der Waals surface area contributed by atoms with E-state index in [0.29, 0.717) is 5.69 Å². The summed E-state index contributed by atoms with van der Waals surface area (Å²) in [5.41, 5.74) is 3.38. The molecule has 0 saturated heterocycles. The molecule has 1 N–H and O–H groups in total. The van der Waals surface area contributed by atoms with Crippen LogP contribution in [-0.4, -0.2) is 18.4 Å². The lowest BCUT2D eigenvalue weighted by Gasteiger charge is -2.08. The second-order valence-corrected chi connectivity index (χ2v) is 9.45. The van der Waals surface area contributed by atoms with Gasteiger partial charge in [-0.25, -0.2) is 8.42 Å². The number of nitrogens with zero attached hydrogens (tertiary/aromatic N) is 2. The lowest BCUT2D eigenvalue weighted by Crippen LogP contribution is -2.11. The van der Waals surface area contributed by atoms with Crippen molar-refractivity contribution in [3.05, 3.63) is 96.4 Å². The highest BCUT2D eigenvalue weighted by Crippen LogP contribution is 2.30. The van der Waals surface area contributed by atoms with E-state index in [4.69, 9.17) is 0 Å². The quantitative estimate of drug-likeness (QED) is 0.466. The van der Waals surface area contributed by atoms with E-state index < -0.39 is 10.0 Å². The fraction of sp³-hybridized carbons (Fsp3) is 0.0909. The van der Waals surface area contributed by atoms with Crippen LogP contribution in [0.1, 0.15) is 11.3 Å². The van der Waals surface area contributed by atoms with E-state index in [-0.39, 0.29) is 4.21 Å². The summed E-state index contributed by atoms with van der Waals surface area (Å²) in [4.78, 5) is 9.42. The summed E-state index contributed by atoms with van der Waals surface area (Å²) in [5.74, 6) is 0. The van der Waals surface area contributed by atoms with Crippen LogP contribution in [0.2, 0.25) is 0 Å². The Balaban J connectivity index is 1.48. The molecule has 4 aromatic rings. The Bertz CT molecular complexity index is 1190. The van der Waals surface area contributed by atoms with Crippen LogP contribution < -0.4 is 4.72 Å². The number of anilines is 1. The molecular formula is C22H19N3O2S2. The molecular weight excluding hydrogens is 402 g/mol. The van der Waals surface area contributed by atoms with Crippen LogP contribution in [0.15, 0.2) is 89.4 Å². The summed E-state index contributed by atoms with van der Waals surface area (Å²) < 4.78 is 28.6. The second-order valence-electron chi connectivity index (χ2n) is 6.46. The highest BCUT2D eigenvalue weighted by atomic mass is 32.2. The van der Waals surface area contributed by atoms with Crippen LogP contribution >= 0.6 is 11.3 Å². The van der Waals surface area contributed by atoms with Crippen molar-refractivity contribution in [2.24, 2.45) is 0 Å². The van der Waals surface area contributed by atoms with Crippen molar-refractivity contribution in [3.8, 4) is 10.6 Å². The summed E-state index contributed by atoms with van der Waals surface area (Å²) in [6.07, 6.45) is 5.06. The van der Waals surface area contributed by atoms with Gasteiger partial charge in [0.05, 0.1) is 10.6 Å². The molecule has 3 aromatic heterocycles. The van der Waals surface area contributed by atoms with Crippen molar-refractivity contribution >= 4 is 27.0 Å². The van der Waals surface area contributed by atoms with Gasteiger partial charge in [0.1, 0.15) is 4.21 Å². The van der Waals surface area contributed by atoms with E-state index in [9.17, 15) is 8.42 Å². The normalized spacial score (nSPS) is 11.3. The molecule has 0 fully saturated rings. The number of aromatic nitrogens is 2. The Morgan fingerprint density at radius 2 is 1.66 bits per heavy atom. The van der Waals surface area contributed by atoms with Gasteiger partial charge in [-0.3, -0.25) is 14.7 Å². The fourth-order valence-electron chi connectivity index (χ4n) is 2.92. The molecule has 0 saturated carbocycles. The summed E-state index contributed by atoms with van der Waals surface area (Å²) in [6.45, 7) is 0. The van der Waals surface area contributed by atoms with Crippen molar-refractivity contribution in [1.82, 2.24) is 9.97 Å². The van der Waals surface area contributed by atoms with Gasteiger partial charge in [-0.2, -0.15) is 0 Å². The van der Waals surface area contributed by atoms with Crippen molar-refractivity contribution in [2.75, 3.05) is 4.72 Å². The average molecular weight is 422 g/mol. The molecule has 0 aliphatic carbocycles. The SMILES string of the molecule is O=S(=O)(Nc1cccc(CCc2ccccn2)c1)c1ccc(-c2ccccn2)s1. The second kappa shape index (κ2) is 8.55. The first-order valence-corrected chi connectivity index (χ1v) is 11.4. The average Bonchev–Trinajstić information content (AvgIpc) is 3.25. The van der Waals surface area contributed by atoms with Crippen LogP contribution in [-0.2, 0) is 22.9 Å². The maximum Gasteiger partial charge on any atom is 0.271 e. The van der Waals surface area contributed by atoms with Crippen molar-refractivity contribution in [1.29, 1.82) is 0 Å². The van der Waals surface area contributed by atoms with E-state index in [0.717, 1.165) is 34.7 Å². The largest absolute Gasteiger partial charge is 0.279 e. The van der Waals surface area contributed by atoms with Crippen LogP contribution in [0.5, 0.6) is 0 Å². The minimum atomic E-state index is -3.66. The maximum absolute atomic E-state index is 12.8. The number of nitrogens with one attached hydrogen (secondary N) is 1. The van der Waals surface area contributed by atoms with Crippen molar-refractivity contribution < 1.29 is 8.42 Å². The first-order valence-electron chi connectivity index (χ1n) is 9.13. The third kappa shape index (κ3) is 4.88. The number of hydrogen-bond acceptors (Lipinski definition) is 5. The summed E-state index contributed by atoms with van der Waals surface area (Å²) in [7, 11) is -3.66. The fourth-order valence-corrected chi connectivity index (χ4v) is 5.26. The summed E-state index contributed by atoms with van der Waals surface area (Å²) in [5, 5.41) is 0. The van der Waals surface area contributed by atoms with Crippen molar-refractivity contribution in [3.63, 3.8) is 0 Å². The van der Waals surface area contributed by atoms with Gasteiger partial charge in [0.2, 0.25) is 0 Å². The smallest absolute Gasteiger partial charge is 0.271 e. The number of aryl methyl sites for hydroxylation is 2. The molecule has 146 valence electrons. The molecule has 0 spiro atoms. The first kappa shape index (κ1) is 19.3. The van der Waals surface area contributed by atoms with Crippen LogP contribution in [0.25, 0.3) is 10.6 Å². The number of benzene rings is 1. The van der Waals surface area contributed by atoms with E-state index in [1.165, 1.54) is 11.3 Å². The summed E-state index contributed by atoms with van der Waals surface area (Å²) >= 11 is 1.20. The highest BCUT2D eigenvalue weighted by molar-refractivity contribution is 7.94. The van der Waals surface area contributed by atoms with Crippen LogP contribution in [0, 0.1) is 0 Å². The third-order valence-corrected chi connectivity index (χ3v) is 7.32. The number of sulfonamides is 1. The van der Waals surface area contributed by atoms with Gasteiger partial charge in [-0.15, -0.1) is 11.3 Å². The molecule has 1 aromatic carbocycles. The van der Waals surface area contributed by atoms with Crippen molar-refractivity contribution in [2.45, 2.75) is 17.1 Å². The van der Waals surface area contributed by atoms with E-state index in [1.54, 1.807) is 30.6 Å². The van der Waals surface area contributed by atoms with E-state index in [2.05, 4.69) is 14.7 Å². The molecule has 3 heterocycles. The highest BCUT2D eigenvalue weighted by Gasteiger charge is 2.18. The molecule has 0 aliphatic heterocycles. The standard InChI is InChI=1S/C22H19N3O2S2/c26-29(27,22-13-12-21(28-22)20-9-2-4-15-24-20)25-19-8-5-6-17(16-19)10-11-18-7-1-3-14-23-18/h1-9,12-16,25H,10-11H2.